The van der Waals surface area contributed by atoms with Crippen molar-refractivity contribution in [2.45, 2.75) is 11.0 Å². The molecule has 0 spiro atoms. The molecule has 0 bridgehead atoms. The van der Waals surface area contributed by atoms with Crippen molar-refractivity contribution in [3.05, 3.63) is 59.8 Å². The Kier molecular flexibility index (Phi) is 6.66. The molecule has 9 heteroatoms. The molecule has 4 rings (SSSR count). The molecular weight excluding hydrogens is 429 g/mol. The fraction of sp³-hybridized carbons (Fsp3) is 0.286. The molecule has 0 saturated carbocycles. The van der Waals surface area contributed by atoms with Crippen molar-refractivity contribution >= 4 is 40.2 Å². The van der Waals surface area contributed by atoms with Gasteiger partial charge in [-0.3, -0.25) is 14.8 Å². The van der Waals surface area contributed by atoms with Crippen molar-refractivity contribution in [1.82, 2.24) is 14.9 Å². The summed E-state index contributed by atoms with van der Waals surface area (Å²) in [7, 11) is 0. The minimum Gasteiger partial charge on any atom is -0.489 e. The maximum absolute atomic E-state index is 13.6. The van der Waals surface area contributed by atoms with Gasteiger partial charge in [0.2, 0.25) is 5.91 Å². The fourth-order valence-corrected chi connectivity index (χ4v) is 4.26. The van der Waals surface area contributed by atoms with E-state index in [2.05, 4.69) is 9.97 Å². The van der Waals surface area contributed by atoms with Gasteiger partial charge in [0, 0.05) is 35.3 Å². The number of carbonyl (C=O) groups is 1. The van der Waals surface area contributed by atoms with E-state index < -0.39 is 0 Å². The molecule has 2 aromatic heterocycles. The molecular formula is C21H19ClFN3O3S. The Morgan fingerprint density at radius 3 is 3.10 bits per heavy atom. The number of hydrogen-bond donors (Lipinski definition) is 0. The van der Waals surface area contributed by atoms with Crippen LogP contribution in [0.25, 0.3) is 10.9 Å². The first-order chi connectivity index (χ1) is 14.6. The predicted octanol–water partition coefficient (Wildman–Crippen LogP) is 3.82. The van der Waals surface area contributed by atoms with Crippen molar-refractivity contribution in [2.75, 3.05) is 32.1 Å². The maximum Gasteiger partial charge on any atom is 0.233 e. The van der Waals surface area contributed by atoms with E-state index in [-0.39, 0.29) is 23.6 Å². The van der Waals surface area contributed by atoms with Gasteiger partial charge in [-0.2, -0.15) is 0 Å². The third-order valence-corrected chi connectivity index (χ3v) is 5.89. The Bertz CT molecular complexity index is 1050. The lowest BCUT2D eigenvalue weighted by molar-refractivity contribution is -0.137. The molecule has 1 aliphatic heterocycles. The first kappa shape index (κ1) is 20.8. The van der Waals surface area contributed by atoms with Gasteiger partial charge in [-0.1, -0.05) is 11.6 Å². The highest BCUT2D eigenvalue weighted by Crippen LogP contribution is 2.27. The number of amides is 1. The van der Waals surface area contributed by atoms with Gasteiger partial charge in [0.15, 0.2) is 0 Å². The normalized spacial score (nSPS) is 16.6. The quantitative estimate of drug-likeness (QED) is 0.535. The molecule has 30 heavy (non-hydrogen) atoms. The van der Waals surface area contributed by atoms with Gasteiger partial charge in [0.05, 0.1) is 35.6 Å². The summed E-state index contributed by atoms with van der Waals surface area (Å²) < 4.78 is 25.0. The molecule has 1 atom stereocenters. The van der Waals surface area contributed by atoms with Crippen LogP contribution in [0.1, 0.15) is 0 Å². The van der Waals surface area contributed by atoms with Gasteiger partial charge in [-0.15, -0.1) is 11.8 Å². The molecule has 0 radical (unpaired) electrons. The van der Waals surface area contributed by atoms with Crippen LogP contribution in [-0.4, -0.2) is 58.9 Å². The van der Waals surface area contributed by atoms with Gasteiger partial charge < -0.3 is 14.4 Å². The molecule has 3 aromatic rings. The van der Waals surface area contributed by atoms with E-state index in [1.54, 1.807) is 35.5 Å². The number of fused-ring (bicyclic) bond motifs is 1. The number of halogens is 2. The fourth-order valence-electron chi connectivity index (χ4n) is 3.16. The smallest absolute Gasteiger partial charge is 0.233 e. The summed E-state index contributed by atoms with van der Waals surface area (Å²) in [6.45, 7) is 1.72. The second-order valence-electron chi connectivity index (χ2n) is 6.74. The Morgan fingerprint density at radius 1 is 1.33 bits per heavy atom. The van der Waals surface area contributed by atoms with E-state index in [0.29, 0.717) is 48.0 Å². The van der Waals surface area contributed by atoms with Gasteiger partial charge in [-0.05, 0) is 24.3 Å². The molecule has 1 aromatic carbocycles. The van der Waals surface area contributed by atoms with Crippen LogP contribution in [0, 0.1) is 5.82 Å². The monoisotopic (exact) mass is 447 g/mol. The summed E-state index contributed by atoms with van der Waals surface area (Å²) in [5.74, 6) is 0.483. The van der Waals surface area contributed by atoms with E-state index in [9.17, 15) is 9.18 Å². The number of rotatable bonds is 6. The Hall–Kier alpha value is -2.42. The van der Waals surface area contributed by atoms with Crippen LogP contribution in [0.4, 0.5) is 4.39 Å². The van der Waals surface area contributed by atoms with Crippen LogP contribution in [0.3, 0.4) is 0 Å². The molecule has 1 fully saturated rings. The SMILES string of the molecule is O=C(CSc1ccnc2ccc(F)cc12)N1CCOC(COc2cncc(Cl)c2)C1. The molecule has 3 heterocycles. The zero-order valence-electron chi connectivity index (χ0n) is 16.0. The number of aromatic nitrogens is 2. The first-order valence-corrected chi connectivity index (χ1v) is 10.7. The number of benzene rings is 1. The highest BCUT2D eigenvalue weighted by atomic mass is 35.5. The van der Waals surface area contributed by atoms with Crippen molar-refractivity contribution in [3.63, 3.8) is 0 Å². The van der Waals surface area contributed by atoms with Crippen molar-refractivity contribution < 1.29 is 18.7 Å². The number of nitrogens with zero attached hydrogens (tertiary/aromatic N) is 3. The second-order valence-corrected chi connectivity index (χ2v) is 8.20. The summed E-state index contributed by atoms with van der Waals surface area (Å²) in [5, 5.41) is 1.20. The van der Waals surface area contributed by atoms with Crippen LogP contribution in [0.5, 0.6) is 5.75 Å². The van der Waals surface area contributed by atoms with Crippen LogP contribution in [0.2, 0.25) is 5.02 Å². The van der Waals surface area contributed by atoms with E-state index in [0.717, 1.165) is 4.90 Å². The molecule has 1 saturated heterocycles. The van der Waals surface area contributed by atoms with Gasteiger partial charge >= 0.3 is 0 Å². The maximum atomic E-state index is 13.6. The lowest BCUT2D eigenvalue weighted by atomic mass is 10.2. The average molecular weight is 448 g/mol. The number of pyridine rings is 2. The standard InChI is InChI=1S/C21H19ClFN3O3S/c22-14-7-16(10-24-9-14)29-12-17-11-26(5-6-28-17)21(27)13-30-20-3-4-25-19-2-1-15(23)8-18(19)20/h1-4,7-10,17H,5-6,11-13H2. The topological polar surface area (TPSA) is 64.6 Å². The van der Waals surface area contributed by atoms with Gasteiger partial charge in [-0.25, -0.2) is 4.39 Å². The number of morpholine rings is 1. The molecule has 1 unspecified atom stereocenters. The largest absolute Gasteiger partial charge is 0.489 e. The first-order valence-electron chi connectivity index (χ1n) is 9.38. The average Bonchev–Trinajstić information content (AvgIpc) is 2.76. The predicted molar refractivity (Wildman–Crippen MR) is 113 cm³/mol. The third kappa shape index (κ3) is 5.19. The third-order valence-electron chi connectivity index (χ3n) is 4.62. The van der Waals surface area contributed by atoms with Crippen LogP contribution in [-0.2, 0) is 9.53 Å². The summed E-state index contributed by atoms with van der Waals surface area (Å²) >= 11 is 7.29. The molecule has 0 aliphatic carbocycles. The minimum absolute atomic E-state index is 0.000845. The number of carbonyl (C=O) groups excluding carboxylic acids is 1. The molecule has 156 valence electrons. The zero-order valence-corrected chi connectivity index (χ0v) is 17.5. The van der Waals surface area contributed by atoms with E-state index in [1.807, 2.05) is 0 Å². The highest BCUT2D eigenvalue weighted by Gasteiger charge is 2.25. The summed E-state index contributed by atoms with van der Waals surface area (Å²) in [5.41, 5.74) is 0.702. The Balaban J connectivity index is 1.33. The van der Waals surface area contributed by atoms with Gasteiger partial charge in [0.25, 0.3) is 0 Å². The van der Waals surface area contributed by atoms with Crippen LogP contribution in [0.15, 0.2) is 53.8 Å². The van der Waals surface area contributed by atoms with Crippen molar-refractivity contribution in [3.8, 4) is 5.75 Å². The van der Waals surface area contributed by atoms with Crippen LogP contribution >= 0.6 is 23.4 Å². The van der Waals surface area contributed by atoms with E-state index in [1.165, 1.54) is 30.1 Å². The second kappa shape index (κ2) is 9.59. The van der Waals surface area contributed by atoms with Gasteiger partial charge in [0.1, 0.15) is 24.3 Å². The lowest BCUT2D eigenvalue weighted by Crippen LogP contribution is -2.48. The van der Waals surface area contributed by atoms with Crippen molar-refractivity contribution in [2.24, 2.45) is 0 Å². The number of thioether (sulfide) groups is 1. The summed E-state index contributed by atoms with van der Waals surface area (Å²) in [6.07, 6.45) is 4.54. The van der Waals surface area contributed by atoms with Crippen LogP contribution < -0.4 is 4.74 Å². The summed E-state index contributed by atoms with van der Waals surface area (Å²) in [6, 6.07) is 7.94. The summed E-state index contributed by atoms with van der Waals surface area (Å²) in [4.78, 5) is 23.5. The van der Waals surface area contributed by atoms with Crippen molar-refractivity contribution in [1.29, 1.82) is 0 Å². The lowest BCUT2D eigenvalue weighted by Gasteiger charge is -2.32. The molecule has 1 aliphatic rings. The molecule has 0 N–H and O–H groups in total. The zero-order chi connectivity index (χ0) is 20.9. The number of hydrogen-bond acceptors (Lipinski definition) is 6. The van der Waals surface area contributed by atoms with E-state index >= 15 is 0 Å². The highest BCUT2D eigenvalue weighted by molar-refractivity contribution is 8.00. The minimum atomic E-state index is -0.324. The Morgan fingerprint density at radius 2 is 2.23 bits per heavy atom. The molecule has 1 amide bonds. The van der Waals surface area contributed by atoms with E-state index in [4.69, 9.17) is 21.1 Å². The number of ether oxygens (including phenoxy) is 2. The molecule has 6 nitrogen and oxygen atoms in total. The Labute approximate surface area is 182 Å².